The Balaban J connectivity index is 0.000000302. The number of phenols is 1. The molecule has 3 fully saturated rings. The molecule has 58 heavy (non-hydrogen) atoms. The smallest absolute Gasteiger partial charge is 0.326 e. The van der Waals surface area contributed by atoms with E-state index in [0.29, 0.717) is 25.8 Å². The lowest BCUT2D eigenvalue weighted by atomic mass is 9.88. The maximum absolute atomic E-state index is 12.1. The molecule has 0 radical (unpaired) electrons. The molecule has 0 saturated heterocycles. The third-order valence-corrected chi connectivity index (χ3v) is 10.8. The lowest BCUT2D eigenvalue weighted by Gasteiger charge is -2.23. The van der Waals surface area contributed by atoms with Gasteiger partial charge in [-0.1, -0.05) is 83.8 Å². The van der Waals surface area contributed by atoms with E-state index in [-0.39, 0.29) is 59.5 Å². The van der Waals surface area contributed by atoms with Crippen molar-refractivity contribution in [2.24, 2.45) is 40.1 Å². The van der Waals surface area contributed by atoms with E-state index in [1.165, 1.54) is 18.6 Å². The highest BCUT2D eigenvalue weighted by Crippen LogP contribution is 2.26. The molecule has 11 N–H and O–H groups in total. The minimum Gasteiger partial charge on any atom is -0.508 e. The Hall–Kier alpha value is -4.89. The Kier molecular flexibility index (Phi) is 22.9. The van der Waals surface area contributed by atoms with Gasteiger partial charge in [-0.05, 0) is 81.4 Å². The number of nitrogens with one attached hydrogen (secondary N) is 3. The fourth-order valence-corrected chi connectivity index (χ4v) is 7.48. The molecule has 3 aliphatic rings. The zero-order chi connectivity index (χ0) is 43.0. The average molecular weight is 817 g/mol. The van der Waals surface area contributed by atoms with Crippen LogP contribution in [0.2, 0.25) is 0 Å². The number of carboxylic acid groups (broad SMARTS) is 3. The summed E-state index contributed by atoms with van der Waals surface area (Å²) < 4.78 is 0. The molecule has 0 aromatic heterocycles. The molecule has 16 heteroatoms. The van der Waals surface area contributed by atoms with Crippen LogP contribution in [0.15, 0.2) is 29.3 Å². The number of guanidine groups is 1. The zero-order valence-electron chi connectivity index (χ0n) is 34.3. The number of carbonyl (C=O) groups is 6. The molecule has 0 aliphatic heterocycles. The van der Waals surface area contributed by atoms with Crippen molar-refractivity contribution in [3.8, 4) is 5.75 Å². The highest BCUT2D eigenvalue weighted by Gasteiger charge is 2.29. The number of nitrogens with two attached hydrogens (primary N) is 2. The van der Waals surface area contributed by atoms with E-state index < -0.39 is 36.0 Å². The van der Waals surface area contributed by atoms with E-state index >= 15 is 0 Å². The van der Waals surface area contributed by atoms with Gasteiger partial charge in [0.15, 0.2) is 5.96 Å². The van der Waals surface area contributed by atoms with Gasteiger partial charge < -0.3 is 47.8 Å². The fourth-order valence-electron chi connectivity index (χ4n) is 7.48. The standard InChI is InChI=1S/C16H21NO4.C13H24N4O3.C13H23NO3/c18-13-8-6-11(7-9-13)10-14(16(20)21)17-15(19)12-4-2-1-3-5-12;14-13(15)16-8-4-7-10(12(19)20)17-11(18)9-5-2-1-3-6-9;1-9(2)8-11(13(16)17)14-12(15)10-6-4-3-5-7-10/h6-9,12,14,18H,1-5,10H2,(H,17,19)(H,20,21);9-10H,1-8H2,(H,17,18)(H,19,20)(H4,14,15,16);9-11H,3-8H2,1-2H3,(H,14,15)(H,16,17)/t14-;10-;11-/m000/s1. The number of carbonyl (C=O) groups excluding carboxylic acids is 3. The van der Waals surface area contributed by atoms with E-state index in [0.717, 1.165) is 95.5 Å². The van der Waals surface area contributed by atoms with Crippen molar-refractivity contribution in [3.63, 3.8) is 0 Å². The second kappa shape index (κ2) is 26.9. The van der Waals surface area contributed by atoms with Gasteiger partial charge in [0.2, 0.25) is 17.7 Å². The van der Waals surface area contributed by atoms with Crippen LogP contribution < -0.4 is 27.4 Å². The quantitative estimate of drug-likeness (QED) is 0.0599. The van der Waals surface area contributed by atoms with Crippen molar-refractivity contribution in [1.29, 1.82) is 0 Å². The minimum atomic E-state index is -1.03. The zero-order valence-corrected chi connectivity index (χ0v) is 34.3. The first-order chi connectivity index (χ1) is 27.6. The number of aliphatic imine (C=N–C) groups is 1. The summed E-state index contributed by atoms with van der Waals surface area (Å²) in [4.78, 5) is 73.4. The molecule has 4 rings (SSSR count). The highest BCUT2D eigenvalue weighted by atomic mass is 16.4. The first-order valence-electron chi connectivity index (χ1n) is 21.0. The van der Waals surface area contributed by atoms with Crippen molar-refractivity contribution in [2.75, 3.05) is 6.54 Å². The number of amides is 3. The summed E-state index contributed by atoms with van der Waals surface area (Å²) in [7, 11) is 0. The molecule has 1 aromatic carbocycles. The SMILES string of the molecule is CC(C)C[C@H](NC(=O)C1CCCCC1)C(=O)O.NC(N)=NCCC[C@H](NC(=O)C1CCCCC1)C(=O)O.O=C(N[C@@H](Cc1ccc(O)cc1)C(=O)O)C1CCCCC1. The normalized spacial score (nSPS) is 17.7. The van der Waals surface area contributed by atoms with Crippen molar-refractivity contribution in [2.45, 2.75) is 154 Å². The number of benzene rings is 1. The number of nitrogens with zero attached hydrogens (tertiary/aromatic N) is 1. The van der Waals surface area contributed by atoms with Gasteiger partial charge in [-0.3, -0.25) is 19.4 Å². The van der Waals surface area contributed by atoms with Gasteiger partial charge in [-0.15, -0.1) is 0 Å². The van der Waals surface area contributed by atoms with Crippen LogP contribution in [0.3, 0.4) is 0 Å². The van der Waals surface area contributed by atoms with Gasteiger partial charge in [0.05, 0.1) is 0 Å². The first-order valence-corrected chi connectivity index (χ1v) is 21.0. The van der Waals surface area contributed by atoms with Gasteiger partial charge in [0.25, 0.3) is 0 Å². The third-order valence-electron chi connectivity index (χ3n) is 10.8. The molecule has 0 heterocycles. The molecule has 0 spiro atoms. The molecule has 326 valence electrons. The average Bonchev–Trinajstić information content (AvgIpc) is 3.20. The summed E-state index contributed by atoms with van der Waals surface area (Å²) in [5.74, 6) is -3.02. The molecule has 16 nitrogen and oxygen atoms in total. The number of rotatable bonds is 17. The second-order valence-corrected chi connectivity index (χ2v) is 16.2. The minimum absolute atomic E-state index is 0.0110. The summed E-state index contributed by atoms with van der Waals surface area (Å²) in [6.45, 7) is 4.29. The van der Waals surface area contributed by atoms with Gasteiger partial charge >= 0.3 is 17.9 Å². The summed E-state index contributed by atoms with van der Waals surface area (Å²) in [6, 6.07) is 3.83. The second-order valence-electron chi connectivity index (χ2n) is 16.2. The first kappa shape index (κ1) is 49.3. The maximum atomic E-state index is 12.1. The summed E-state index contributed by atoms with van der Waals surface area (Å²) in [5, 5.41) is 44.6. The summed E-state index contributed by atoms with van der Waals surface area (Å²) in [5.41, 5.74) is 11.1. The van der Waals surface area contributed by atoms with Crippen LogP contribution in [0.25, 0.3) is 0 Å². The Labute approximate surface area is 342 Å². The van der Waals surface area contributed by atoms with E-state index in [4.69, 9.17) is 21.7 Å². The summed E-state index contributed by atoms with van der Waals surface area (Å²) >= 11 is 0. The number of hydrogen-bond donors (Lipinski definition) is 9. The van der Waals surface area contributed by atoms with Crippen LogP contribution in [0.5, 0.6) is 5.75 Å². The largest absolute Gasteiger partial charge is 0.508 e. The van der Waals surface area contributed by atoms with Crippen molar-refractivity contribution < 1.29 is 49.2 Å². The van der Waals surface area contributed by atoms with Crippen molar-refractivity contribution in [1.82, 2.24) is 16.0 Å². The number of aromatic hydroxyl groups is 1. The number of hydrogen-bond acceptors (Lipinski definition) is 8. The van der Waals surface area contributed by atoms with Gasteiger partial charge in [0, 0.05) is 30.7 Å². The number of aliphatic carboxylic acids is 3. The van der Waals surface area contributed by atoms with Crippen LogP contribution in [0.4, 0.5) is 0 Å². The lowest BCUT2D eigenvalue weighted by Crippen LogP contribution is -2.45. The molecule has 3 amide bonds. The summed E-state index contributed by atoms with van der Waals surface area (Å²) in [6.07, 6.45) is 16.6. The third kappa shape index (κ3) is 20.0. The van der Waals surface area contributed by atoms with E-state index in [9.17, 15) is 39.0 Å². The van der Waals surface area contributed by atoms with Crippen molar-refractivity contribution in [3.05, 3.63) is 29.8 Å². The lowest BCUT2D eigenvalue weighted by molar-refractivity contribution is -0.143. The molecular formula is C42H68N6O10. The molecule has 3 saturated carbocycles. The molecule has 1 aromatic rings. The fraction of sp³-hybridized carbons (Fsp3) is 0.690. The van der Waals surface area contributed by atoms with Crippen LogP contribution in [0, 0.1) is 23.7 Å². The monoisotopic (exact) mass is 816 g/mol. The number of carboxylic acids is 3. The molecule has 3 aliphatic carbocycles. The van der Waals surface area contributed by atoms with E-state index in [1.54, 1.807) is 12.1 Å². The van der Waals surface area contributed by atoms with Crippen molar-refractivity contribution >= 4 is 41.6 Å². The maximum Gasteiger partial charge on any atom is 0.326 e. The Morgan fingerprint density at radius 3 is 1.36 bits per heavy atom. The molecule has 3 atom stereocenters. The van der Waals surface area contributed by atoms with Gasteiger partial charge in [0.1, 0.15) is 23.9 Å². The van der Waals surface area contributed by atoms with Gasteiger partial charge in [-0.2, -0.15) is 0 Å². The number of phenolic OH excluding ortho intramolecular Hbond substituents is 1. The molecule has 0 unspecified atom stereocenters. The van der Waals surface area contributed by atoms with Gasteiger partial charge in [-0.25, -0.2) is 14.4 Å². The van der Waals surface area contributed by atoms with E-state index in [2.05, 4.69) is 20.9 Å². The molecular weight excluding hydrogens is 748 g/mol. The molecule has 0 bridgehead atoms. The Morgan fingerprint density at radius 1 is 0.621 bits per heavy atom. The van der Waals surface area contributed by atoms with Crippen LogP contribution in [-0.2, 0) is 35.2 Å². The van der Waals surface area contributed by atoms with E-state index in [1.807, 2.05) is 13.8 Å². The van der Waals surface area contributed by atoms with Crippen LogP contribution in [0.1, 0.15) is 135 Å². The topological polar surface area (TPSA) is 284 Å². The van der Waals surface area contributed by atoms with Crippen LogP contribution in [-0.4, -0.2) is 86.7 Å². The Bertz CT molecular complexity index is 1460. The predicted molar refractivity (Wildman–Crippen MR) is 220 cm³/mol. The Morgan fingerprint density at radius 2 is 1.00 bits per heavy atom. The van der Waals surface area contributed by atoms with Crippen LogP contribution >= 0.6 is 0 Å². The highest BCUT2D eigenvalue weighted by molar-refractivity contribution is 5.86. The predicted octanol–water partition coefficient (Wildman–Crippen LogP) is 4.46.